The molecule has 1 heterocycles. The van der Waals surface area contributed by atoms with Crippen LogP contribution < -0.4 is 15.4 Å². The SMILES string of the molecule is CCN(Cc1ccc(N)cc1)c1cc(OC(C)C)ncn1. The van der Waals surface area contributed by atoms with Gasteiger partial charge in [0.15, 0.2) is 0 Å². The highest BCUT2D eigenvalue weighted by Crippen LogP contribution is 2.19. The molecule has 0 radical (unpaired) electrons. The van der Waals surface area contributed by atoms with E-state index in [-0.39, 0.29) is 6.10 Å². The Balaban J connectivity index is 2.15. The molecule has 0 bridgehead atoms. The summed E-state index contributed by atoms with van der Waals surface area (Å²) in [6, 6.07) is 9.77. The second-order valence-corrected chi connectivity index (χ2v) is 5.14. The lowest BCUT2D eigenvalue weighted by molar-refractivity contribution is 0.232. The molecule has 2 N–H and O–H groups in total. The molecule has 0 aliphatic heterocycles. The molecule has 0 fully saturated rings. The standard InChI is InChI=1S/C16H22N4O/c1-4-20(10-13-5-7-14(17)8-6-13)15-9-16(19-11-18-15)21-12(2)3/h5-9,11-12H,4,10,17H2,1-3H3. The third-order valence-electron chi connectivity index (χ3n) is 3.04. The lowest BCUT2D eigenvalue weighted by Crippen LogP contribution is -2.23. The van der Waals surface area contributed by atoms with E-state index in [0.717, 1.165) is 24.6 Å². The largest absolute Gasteiger partial charge is 0.475 e. The molecule has 1 aromatic heterocycles. The van der Waals surface area contributed by atoms with Crippen LogP contribution in [0.3, 0.4) is 0 Å². The summed E-state index contributed by atoms with van der Waals surface area (Å²) in [5.41, 5.74) is 7.68. The topological polar surface area (TPSA) is 64.3 Å². The second kappa shape index (κ2) is 6.92. The number of benzene rings is 1. The molecular formula is C16H22N4O. The average Bonchev–Trinajstić information content (AvgIpc) is 2.46. The van der Waals surface area contributed by atoms with Crippen molar-refractivity contribution in [2.45, 2.75) is 33.4 Å². The van der Waals surface area contributed by atoms with Crippen molar-refractivity contribution < 1.29 is 4.74 Å². The summed E-state index contributed by atoms with van der Waals surface area (Å²) >= 11 is 0. The summed E-state index contributed by atoms with van der Waals surface area (Å²) in [5.74, 6) is 1.46. The number of nitrogens with zero attached hydrogens (tertiary/aromatic N) is 3. The number of hydrogen-bond acceptors (Lipinski definition) is 5. The van der Waals surface area contributed by atoms with Gasteiger partial charge in [-0.2, -0.15) is 0 Å². The highest BCUT2D eigenvalue weighted by Gasteiger charge is 2.09. The number of nitrogen functional groups attached to an aromatic ring is 1. The summed E-state index contributed by atoms with van der Waals surface area (Å²) in [5, 5.41) is 0. The molecule has 1 aromatic carbocycles. The lowest BCUT2D eigenvalue weighted by Gasteiger charge is -2.22. The van der Waals surface area contributed by atoms with E-state index in [0.29, 0.717) is 5.88 Å². The van der Waals surface area contributed by atoms with Crippen molar-refractivity contribution in [3.63, 3.8) is 0 Å². The quantitative estimate of drug-likeness (QED) is 0.827. The number of ether oxygens (including phenoxy) is 1. The average molecular weight is 286 g/mol. The fraction of sp³-hybridized carbons (Fsp3) is 0.375. The molecule has 5 heteroatoms. The Morgan fingerprint density at radius 1 is 1.19 bits per heavy atom. The summed E-state index contributed by atoms with van der Waals surface area (Å²) in [7, 11) is 0. The maximum Gasteiger partial charge on any atom is 0.218 e. The molecule has 0 amide bonds. The number of anilines is 2. The number of aromatic nitrogens is 2. The smallest absolute Gasteiger partial charge is 0.218 e. The maximum absolute atomic E-state index is 5.72. The monoisotopic (exact) mass is 286 g/mol. The normalized spacial score (nSPS) is 10.7. The van der Waals surface area contributed by atoms with Crippen molar-refractivity contribution in [2.75, 3.05) is 17.2 Å². The van der Waals surface area contributed by atoms with Gasteiger partial charge in [-0.05, 0) is 38.5 Å². The third-order valence-corrected chi connectivity index (χ3v) is 3.04. The number of nitrogens with two attached hydrogens (primary N) is 1. The Hall–Kier alpha value is -2.30. The van der Waals surface area contributed by atoms with E-state index >= 15 is 0 Å². The molecule has 2 rings (SSSR count). The molecule has 0 aliphatic rings. The zero-order valence-corrected chi connectivity index (χ0v) is 12.8. The van der Waals surface area contributed by atoms with Crippen LogP contribution in [-0.2, 0) is 6.54 Å². The van der Waals surface area contributed by atoms with Gasteiger partial charge < -0.3 is 15.4 Å². The molecule has 0 aliphatic carbocycles. The van der Waals surface area contributed by atoms with Gasteiger partial charge in [0.2, 0.25) is 5.88 Å². The molecule has 0 atom stereocenters. The third kappa shape index (κ3) is 4.34. The van der Waals surface area contributed by atoms with Crippen molar-refractivity contribution >= 4 is 11.5 Å². The molecule has 5 nitrogen and oxygen atoms in total. The molecule has 0 spiro atoms. The van der Waals surface area contributed by atoms with Gasteiger partial charge in [0, 0.05) is 24.8 Å². The van der Waals surface area contributed by atoms with Crippen LogP contribution in [0.2, 0.25) is 0 Å². The van der Waals surface area contributed by atoms with Gasteiger partial charge in [-0.25, -0.2) is 9.97 Å². The van der Waals surface area contributed by atoms with E-state index < -0.39 is 0 Å². The van der Waals surface area contributed by atoms with Gasteiger partial charge >= 0.3 is 0 Å². The Morgan fingerprint density at radius 2 is 1.90 bits per heavy atom. The number of rotatable bonds is 6. The lowest BCUT2D eigenvalue weighted by atomic mass is 10.2. The summed E-state index contributed by atoms with van der Waals surface area (Å²) in [6.07, 6.45) is 1.64. The van der Waals surface area contributed by atoms with Gasteiger partial charge in [0.05, 0.1) is 6.10 Å². The predicted molar refractivity (Wildman–Crippen MR) is 85.4 cm³/mol. The molecule has 0 saturated heterocycles. The summed E-state index contributed by atoms with van der Waals surface area (Å²) in [6.45, 7) is 7.68. The Morgan fingerprint density at radius 3 is 2.52 bits per heavy atom. The Bertz CT molecular complexity index is 569. The van der Waals surface area contributed by atoms with Gasteiger partial charge in [-0.3, -0.25) is 0 Å². The van der Waals surface area contributed by atoms with Crippen LogP contribution in [0.1, 0.15) is 26.3 Å². The van der Waals surface area contributed by atoms with Crippen molar-refractivity contribution in [3.8, 4) is 5.88 Å². The fourth-order valence-electron chi connectivity index (χ4n) is 2.01. The van der Waals surface area contributed by atoms with Crippen LogP contribution in [0.5, 0.6) is 5.88 Å². The molecule has 112 valence electrons. The minimum atomic E-state index is 0.0972. The summed E-state index contributed by atoms with van der Waals surface area (Å²) < 4.78 is 5.62. The van der Waals surface area contributed by atoms with E-state index in [1.807, 2.05) is 44.2 Å². The van der Waals surface area contributed by atoms with Crippen LogP contribution in [0.25, 0.3) is 0 Å². The predicted octanol–water partition coefficient (Wildman–Crippen LogP) is 2.87. The first-order chi connectivity index (χ1) is 10.1. The van der Waals surface area contributed by atoms with Gasteiger partial charge in [0.1, 0.15) is 12.1 Å². The first-order valence-electron chi connectivity index (χ1n) is 7.16. The highest BCUT2D eigenvalue weighted by atomic mass is 16.5. The number of hydrogen-bond donors (Lipinski definition) is 1. The van der Waals surface area contributed by atoms with E-state index in [1.54, 1.807) is 6.33 Å². The molecule has 0 saturated carbocycles. The summed E-state index contributed by atoms with van der Waals surface area (Å²) in [4.78, 5) is 10.6. The fourth-order valence-corrected chi connectivity index (χ4v) is 2.01. The molecule has 0 unspecified atom stereocenters. The van der Waals surface area contributed by atoms with Gasteiger partial charge in [-0.1, -0.05) is 12.1 Å². The minimum absolute atomic E-state index is 0.0972. The van der Waals surface area contributed by atoms with Crippen LogP contribution in [0.4, 0.5) is 11.5 Å². The first kappa shape index (κ1) is 15.1. The van der Waals surface area contributed by atoms with Crippen molar-refractivity contribution in [1.29, 1.82) is 0 Å². The minimum Gasteiger partial charge on any atom is -0.475 e. The molecular weight excluding hydrogens is 264 g/mol. The van der Waals surface area contributed by atoms with E-state index in [1.165, 1.54) is 5.56 Å². The van der Waals surface area contributed by atoms with Crippen LogP contribution >= 0.6 is 0 Å². The van der Waals surface area contributed by atoms with Crippen molar-refractivity contribution in [2.24, 2.45) is 0 Å². The van der Waals surface area contributed by atoms with Crippen molar-refractivity contribution in [3.05, 3.63) is 42.2 Å². The second-order valence-electron chi connectivity index (χ2n) is 5.14. The first-order valence-corrected chi connectivity index (χ1v) is 7.16. The van der Waals surface area contributed by atoms with Crippen LogP contribution in [0, 0.1) is 0 Å². The van der Waals surface area contributed by atoms with Crippen molar-refractivity contribution in [1.82, 2.24) is 9.97 Å². The highest BCUT2D eigenvalue weighted by molar-refractivity contribution is 5.44. The molecule has 2 aromatic rings. The Kier molecular flexibility index (Phi) is 4.98. The van der Waals surface area contributed by atoms with Crippen LogP contribution in [0.15, 0.2) is 36.7 Å². The Labute approximate surface area is 125 Å². The van der Waals surface area contributed by atoms with E-state index in [2.05, 4.69) is 21.8 Å². The zero-order valence-electron chi connectivity index (χ0n) is 12.8. The molecule has 21 heavy (non-hydrogen) atoms. The zero-order chi connectivity index (χ0) is 15.2. The van der Waals surface area contributed by atoms with E-state index in [4.69, 9.17) is 10.5 Å². The maximum atomic E-state index is 5.72. The van der Waals surface area contributed by atoms with Crippen LogP contribution in [-0.4, -0.2) is 22.6 Å². The van der Waals surface area contributed by atoms with Gasteiger partial charge in [0.25, 0.3) is 0 Å². The van der Waals surface area contributed by atoms with E-state index in [9.17, 15) is 0 Å². The van der Waals surface area contributed by atoms with Gasteiger partial charge in [-0.15, -0.1) is 0 Å².